The van der Waals surface area contributed by atoms with E-state index in [0.717, 1.165) is 18.2 Å². The zero-order chi connectivity index (χ0) is 31.5. The molecule has 0 saturated heterocycles. The summed E-state index contributed by atoms with van der Waals surface area (Å²) in [5, 5.41) is 13.7. The molecule has 9 nitrogen and oxygen atoms in total. The maximum absolute atomic E-state index is 14.7. The fourth-order valence-corrected chi connectivity index (χ4v) is 5.75. The molecule has 0 spiro atoms. The highest BCUT2D eigenvalue weighted by Crippen LogP contribution is 2.48. The van der Waals surface area contributed by atoms with E-state index in [1.165, 1.54) is 43.6 Å². The number of alkyl halides is 3. The first-order chi connectivity index (χ1) is 20.1. The van der Waals surface area contributed by atoms with Gasteiger partial charge in [-0.1, -0.05) is 11.6 Å². The van der Waals surface area contributed by atoms with Crippen LogP contribution in [0.25, 0.3) is 21.5 Å². The SMILES string of the molecule is COc1cc(C(=O)NC[C@](O)(c2cc3c(c(-c4ccc(F)c(Cl)c4)n2)OC[C@]3(C)C(N)=O)C(F)(F)F)cc2sc(C)nc12. The Balaban J connectivity index is 1.60. The van der Waals surface area contributed by atoms with Gasteiger partial charge in [-0.3, -0.25) is 9.59 Å². The predicted molar refractivity (Wildman–Crippen MR) is 150 cm³/mol. The number of ether oxygens (including phenoxy) is 2. The lowest BCUT2D eigenvalue weighted by Gasteiger charge is -2.31. The first-order valence-corrected chi connectivity index (χ1v) is 13.7. The Hall–Kier alpha value is -4.01. The van der Waals surface area contributed by atoms with Gasteiger partial charge in [0, 0.05) is 16.7 Å². The summed E-state index contributed by atoms with van der Waals surface area (Å²) in [5.41, 5.74) is -0.546. The van der Waals surface area contributed by atoms with E-state index in [4.69, 9.17) is 26.8 Å². The summed E-state index contributed by atoms with van der Waals surface area (Å²) in [6.45, 7) is 1.43. The molecule has 2 amide bonds. The summed E-state index contributed by atoms with van der Waals surface area (Å²) in [6, 6.07) is 6.94. The first kappa shape index (κ1) is 30.4. The van der Waals surface area contributed by atoms with Crippen molar-refractivity contribution in [3.05, 3.63) is 69.1 Å². The monoisotopic (exact) mass is 638 g/mol. The molecule has 0 saturated carbocycles. The summed E-state index contributed by atoms with van der Waals surface area (Å²) >= 11 is 7.18. The van der Waals surface area contributed by atoms with E-state index in [-0.39, 0.29) is 45.5 Å². The van der Waals surface area contributed by atoms with Crippen LogP contribution in [0.4, 0.5) is 17.6 Å². The minimum absolute atomic E-state index is 0.0317. The Morgan fingerprint density at radius 2 is 1.95 bits per heavy atom. The molecule has 3 heterocycles. The van der Waals surface area contributed by atoms with Crippen LogP contribution >= 0.6 is 22.9 Å². The molecule has 1 aliphatic rings. The minimum Gasteiger partial charge on any atom is -0.494 e. The average molecular weight is 639 g/mol. The number of carbonyl (C=O) groups is 2. The molecule has 2 aromatic heterocycles. The fourth-order valence-electron chi connectivity index (χ4n) is 4.68. The van der Waals surface area contributed by atoms with Crippen molar-refractivity contribution < 1.29 is 41.7 Å². The number of hydrogen-bond donors (Lipinski definition) is 3. The first-order valence-electron chi connectivity index (χ1n) is 12.6. The summed E-state index contributed by atoms with van der Waals surface area (Å²) in [4.78, 5) is 33.9. The number of rotatable bonds is 7. The van der Waals surface area contributed by atoms with Crippen molar-refractivity contribution in [3.63, 3.8) is 0 Å². The lowest BCUT2D eigenvalue weighted by atomic mass is 9.81. The molecule has 0 aliphatic carbocycles. The van der Waals surface area contributed by atoms with Gasteiger partial charge in [0.15, 0.2) is 0 Å². The number of thiazole rings is 1. The van der Waals surface area contributed by atoms with Crippen molar-refractivity contribution in [2.45, 2.75) is 31.0 Å². The number of methoxy groups -OCH3 is 1. The Morgan fingerprint density at radius 3 is 2.58 bits per heavy atom. The molecule has 226 valence electrons. The highest BCUT2D eigenvalue weighted by atomic mass is 35.5. The highest BCUT2D eigenvalue weighted by molar-refractivity contribution is 7.18. The molecule has 0 bridgehead atoms. The quantitative estimate of drug-likeness (QED) is 0.248. The number of nitrogens with one attached hydrogen (secondary N) is 1. The third-order valence-electron chi connectivity index (χ3n) is 7.26. The number of halogens is 5. The van der Waals surface area contributed by atoms with Crippen LogP contribution in [-0.2, 0) is 15.8 Å². The maximum Gasteiger partial charge on any atom is 0.424 e. The highest BCUT2D eigenvalue weighted by Gasteiger charge is 2.57. The van der Waals surface area contributed by atoms with Crippen LogP contribution in [0.5, 0.6) is 11.5 Å². The van der Waals surface area contributed by atoms with E-state index in [1.807, 2.05) is 0 Å². The number of nitrogens with zero attached hydrogens (tertiary/aromatic N) is 2. The molecule has 4 N–H and O–H groups in total. The lowest BCUT2D eigenvalue weighted by Crippen LogP contribution is -2.51. The van der Waals surface area contributed by atoms with Gasteiger partial charge in [-0.2, -0.15) is 13.2 Å². The summed E-state index contributed by atoms with van der Waals surface area (Å²) < 4.78 is 69.4. The number of carbonyl (C=O) groups excluding carboxylic acids is 2. The third-order valence-corrected chi connectivity index (χ3v) is 8.46. The summed E-state index contributed by atoms with van der Waals surface area (Å²) in [6.07, 6.45) is -5.38. The van der Waals surface area contributed by atoms with Gasteiger partial charge >= 0.3 is 6.18 Å². The van der Waals surface area contributed by atoms with E-state index < -0.39 is 47.1 Å². The molecule has 43 heavy (non-hydrogen) atoms. The van der Waals surface area contributed by atoms with Gasteiger partial charge < -0.3 is 25.6 Å². The second kappa shape index (κ2) is 10.6. The van der Waals surface area contributed by atoms with E-state index in [9.17, 15) is 32.3 Å². The average Bonchev–Trinajstić information content (AvgIpc) is 3.51. The smallest absolute Gasteiger partial charge is 0.424 e. The van der Waals surface area contributed by atoms with Gasteiger partial charge in [-0.25, -0.2) is 14.4 Å². The van der Waals surface area contributed by atoms with Gasteiger partial charge in [0.25, 0.3) is 5.91 Å². The molecule has 2 atom stereocenters. The molecule has 0 radical (unpaired) electrons. The van der Waals surface area contributed by atoms with Crippen molar-refractivity contribution in [2.24, 2.45) is 5.73 Å². The fraction of sp³-hybridized carbons (Fsp3) is 0.286. The van der Waals surface area contributed by atoms with Crippen LogP contribution in [0, 0.1) is 12.7 Å². The molecular formula is C28H23ClF4N4O5S. The van der Waals surface area contributed by atoms with E-state index in [2.05, 4.69) is 15.3 Å². The van der Waals surface area contributed by atoms with Gasteiger partial charge in [-0.15, -0.1) is 11.3 Å². The van der Waals surface area contributed by atoms with Crippen LogP contribution in [0.2, 0.25) is 5.02 Å². The Morgan fingerprint density at radius 1 is 1.23 bits per heavy atom. The number of aromatic nitrogens is 2. The predicted octanol–water partition coefficient (Wildman–Crippen LogP) is 4.78. The number of amides is 2. The van der Waals surface area contributed by atoms with Gasteiger partial charge in [-0.05, 0) is 50.2 Å². The van der Waals surface area contributed by atoms with Gasteiger partial charge in [0.1, 0.15) is 40.5 Å². The third kappa shape index (κ3) is 5.12. The number of aliphatic hydroxyl groups is 1. The molecule has 4 aromatic rings. The standard InChI is InChI=1S/C28H23ClF4N4O5S/c1-12-36-22-18(41-3)7-14(8-19(22)43-12)24(38)35-10-27(40,28(31,32)33)20-9-15-23(42-11-26(15,2)25(34)39)21(37-20)13-4-5-17(30)16(29)6-13/h4-9,40H,10-11H2,1-3H3,(H2,34,39)(H,35,38)/t26-,27-/m0/s1. The number of pyridine rings is 1. The maximum atomic E-state index is 14.7. The molecule has 0 unspecified atom stereocenters. The number of primary amides is 1. The number of benzene rings is 2. The zero-order valence-corrected chi connectivity index (χ0v) is 24.3. The molecule has 1 aliphatic heterocycles. The molecule has 2 aromatic carbocycles. The van der Waals surface area contributed by atoms with Crippen LogP contribution in [-0.4, -0.2) is 53.3 Å². The summed E-state index contributed by atoms with van der Waals surface area (Å²) in [7, 11) is 1.36. The lowest BCUT2D eigenvalue weighted by molar-refractivity contribution is -0.265. The van der Waals surface area contributed by atoms with Crippen molar-refractivity contribution >= 4 is 45.0 Å². The number of hydrogen-bond acceptors (Lipinski definition) is 8. The summed E-state index contributed by atoms with van der Waals surface area (Å²) in [5.74, 6) is -2.48. The van der Waals surface area contributed by atoms with Crippen molar-refractivity contribution in [1.29, 1.82) is 0 Å². The number of aryl methyl sites for hydroxylation is 1. The largest absolute Gasteiger partial charge is 0.494 e. The van der Waals surface area contributed by atoms with Crippen LogP contribution in [0.1, 0.15) is 33.5 Å². The molecule has 5 rings (SSSR count). The van der Waals surface area contributed by atoms with Crippen molar-refractivity contribution in [1.82, 2.24) is 15.3 Å². The normalized spacial score (nSPS) is 17.7. The Labute approximate surface area is 250 Å². The Bertz CT molecular complexity index is 1800. The van der Waals surface area contributed by atoms with Gasteiger partial charge in [0.05, 0.1) is 34.1 Å². The topological polar surface area (TPSA) is 137 Å². The van der Waals surface area contributed by atoms with Gasteiger partial charge in [0.2, 0.25) is 11.5 Å². The second-order valence-electron chi connectivity index (χ2n) is 10.1. The number of nitrogens with two attached hydrogens (primary N) is 1. The van der Waals surface area contributed by atoms with Crippen molar-refractivity contribution in [2.75, 3.05) is 20.3 Å². The molecular weight excluding hydrogens is 616 g/mol. The van der Waals surface area contributed by atoms with Crippen molar-refractivity contribution in [3.8, 4) is 22.8 Å². The molecule has 15 heteroatoms. The van der Waals surface area contributed by atoms with E-state index >= 15 is 0 Å². The van der Waals surface area contributed by atoms with Crippen LogP contribution < -0.4 is 20.5 Å². The molecule has 0 fully saturated rings. The zero-order valence-electron chi connectivity index (χ0n) is 22.7. The van der Waals surface area contributed by atoms with Crippen LogP contribution in [0.3, 0.4) is 0 Å². The van der Waals surface area contributed by atoms with E-state index in [1.54, 1.807) is 6.92 Å². The van der Waals surface area contributed by atoms with E-state index in [0.29, 0.717) is 15.2 Å². The Kier molecular flexibility index (Phi) is 7.51. The minimum atomic E-state index is -5.38. The number of fused-ring (bicyclic) bond motifs is 2. The van der Waals surface area contributed by atoms with Crippen LogP contribution in [0.15, 0.2) is 36.4 Å². The second-order valence-corrected chi connectivity index (χ2v) is 11.8.